The van der Waals surface area contributed by atoms with Crippen molar-refractivity contribution in [2.45, 2.75) is 32.4 Å². The van der Waals surface area contributed by atoms with Crippen molar-refractivity contribution in [3.63, 3.8) is 0 Å². The SMILES string of the molecule is CCNC(c1ccc2c(c1)CC(C)O2)c1ccc(Cl)s1. The highest BCUT2D eigenvalue weighted by Crippen LogP contribution is 2.35. The molecule has 2 aromatic rings. The first-order valence-corrected chi connectivity index (χ1v) is 8.15. The van der Waals surface area contributed by atoms with E-state index in [1.807, 2.05) is 6.07 Å². The van der Waals surface area contributed by atoms with Crippen molar-refractivity contribution in [2.75, 3.05) is 6.54 Å². The maximum absolute atomic E-state index is 6.08. The number of nitrogens with one attached hydrogen (secondary N) is 1. The second kappa shape index (κ2) is 5.76. The van der Waals surface area contributed by atoms with Crippen molar-refractivity contribution < 1.29 is 4.74 Å². The summed E-state index contributed by atoms with van der Waals surface area (Å²) < 4.78 is 6.61. The van der Waals surface area contributed by atoms with E-state index in [9.17, 15) is 0 Å². The van der Waals surface area contributed by atoms with Crippen molar-refractivity contribution in [1.29, 1.82) is 0 Å². The number of halogens is 1. The summed E-state index contributed by atoms with van der Waals surface area (Å²) in [5.74, 6) is 1.03. The summed E-state index contributed by atoms with van der Waals surface area (Å²) in [6.45, 7) is 5.16. The molecule has 0 spiro atoms. The monoisotopic (exact) mass is 307 g/mol. The maximum Gasteiger partial charge on any atom is 0.123 e. The molecule has 0 radical (unpaired) electrons. The number of benzene rings is 1. The van der Waals surface area contributed by atoms with Gasteiger partial charge in [0, 0.05) is 11.3 Å². The quantitative estimate of drug-likeness (QED) is 0.902. The van der Waals surface area contributed by atoms with Gasteiger partial charge in [-0.15, -0.1) is 11.3 Å². The molecule has 0 saturated carbocycles. The maximum atomic E-state index is 6.08. The molecule has 4 heteroatoms. The van der Waals surface area contributed by atoms with E-state index >= 15 is 0 Å². The summed E-state index contributed by atoms with van der Waals surface area (Å²) in [5, 5.41) is 3.54. The molecule has 0 aliphatic carbocycles. The molecular formula is C16H18ClNOS. The zero-order chi connectivity index (χ0) is 14.1. The van der Waals surface area contributed by atoms with Gasteiger partial charge in [-0.2, -0.15) is 0 Å². The minimum atomic E-state index is 0.207. The van der Waals surface area contributed by atoms with Crippen LogP contribution in [-0.2, 0) is 6.42 Å². The smallest absolute Gasteiger partial charge is 0.123 e. The standard InChI is InChI=1S/C16H18ClNOS/c1-3-18-16(14-6-7-15(17)20-14)11-4-5-13-12(9-11)8-10(2)19-13/h4-7,9-10,16,18H,3,8H2,1-2H3. The largest absolute Gasteiger partial charge is 0.490 e. The van der Waals surface area contributed by atoms with Crippen LogP contribution >= 0.6 is 22.9 Å². The van der Waals surface area contributed by atoms with E-state index in [1.54, 1.807) is 11.3 Å². The van der Waals surface area contributed by atoms with E-state index in [2.05, 4.69) is 43.4 Å². The summed E-state index contributed by atoms with van der Waals surface area (Å²) in [5.41, 5.74) is 2.59. The van der Waals surface area contributed by atoms with Crippen LogP contribution in [-0.4, -0.2) is 12.6 Å². The fourth-order valence-electron chi connectivity index (χ4n) is 2.69. The minimum Gasteiger partial charge on any atom is -0.490 e. The van der Waals surface area contributed by atoms with Gasteiger partial charge in [0.2, 0.25) is 0 Å². The van der Waals surface area contributed by atoms with Crippen LogP contribution in [0.2, 0.25) is 4.34 Å². The second-order valence-corrected chi connectivity index (χ2v) is 6.88. The summed E-state index contributed by atoms with van der Waals surface area (Å²) in [7, 11) is 0. The highest BCUT2D eigenvalue weighted by molar-refractivity contribution is 7.16. The van der Waals surface area contributed by atoms with Crippen LogP contribution in [0.4, 0.5) is 0 Å². The van der Waals surface area contributed by atoms with Gasteiger partial charge >= 0.3 is 0 Å². The molecule has 1 N–H and O–H groups in total. The lowest BCUT2D eigenvalue weighted by molar-refractivity contribution is 0.254. The first-order valence-electron chi connectivity index (χ1n) is 6.95. The van der Waals surface area contributed by atoms with Crippen molar-refractivity contribution >= 4 is 22.9 Å². The van der Waals surface area contributed by atoms with Crippen molar-refractivity contribution in [2.24, 2.45) is 0 Å². The van der Waals surface area contributed by atoms with E-state index < -0.39 is 0 Å². The van der Waals surface area contributed by atoms with E-state index in [1.165, 1.54) is 16.0 Å². The van der Waals surface area contributed by atoms with Crippen LogP contribution in [0.3, 0.4) is 0 Å². The Bertz CT molecular complexity index is 610. The number of rotatable bonds is 4. The molecule has 1 aliphatic heterocycles. The fraction of sp³-hybridized carbons (Fsp3) is 0.375. The fourth-order valence-corrected chi connectivity index (χ4v) is 3.86. The van der Waals surface area contributed by atoms with E-state index in [0.29, 0.717) is 0 Å². The van der Waals surface area contributed by atoms with Crippen LogP contribution in [0, 0.1) is 0 Å². The normalized spacial score (nSPS) is 18.6. The van der Waals surface area contributed by atoms with E-state index in [4.69, 9.17) is 16.3 Å². The van der Waals surface area contributed by atoms with Crippen LogP contribution in [0.15, 0.2) is 30.3 Å². The number of ether oxygens (including phenoxy) is 1. The van der Waals surface area contributed by atoms with Gasteiger partial charge in [-0.3, -0.25) is 0 Å². The Morgan fingerprint density at radius 1 is 1.40 bits per heavy atom. The Morgan fingerprint density at radius 2 is 2.25 bits per heavy atom. The van der Waals surface area contributed by atoms with Crippen LogP contribution in [0.25, 0.3) is 0 Å². The third kappa shape index (κ3) is 2.71. The second-order valence-electron chi connectivity index (χ2n) is 5.13. The zero-order valence-corrected chi connectivity index (χ0v) is 13.2. The number of hydrogen-bond acceptors (Lipinski definition) is 3. The van der Waals surface area contributed by atoms with Crippen molar-refractivity contribution in [3.8, 4) is 5.75 Å². The van der Waals surface area contributed by atoms with Crippen molar-refractivity contribution in [3.05, 3.63) is 50.7 Å². The van der Waals surface area contributed by atoms with Gasteiger partial charge in [0.05, 0.1) is 10.4 Å². The highest BCUT2D eigenvalue weighted by atomic mass is 35.5. The molecular weight excluding hydrogens is 290 g/mol. The number of thiophene rings is 1. The number of hydrogen-bond donors (Lipinski definition) is 1. The molecule has 0 bridgehead atoms. The zero-order valence-electron chi connectivity index (χ0n) is 11.7. The summed E-state index contributed by atoms with van der Waals surface area (Å²) in [4.78, 5) is 1.25. The minimum absolute atomic E-state index is 0.207. The topological polar surface area (TPSA) is 21.3 Å². The average Bonchev–Trinajstić information content (AvgIpc) is 3.00. The highest BCUT2D eigenvalue weighted by Gasteiger charge is 2.22. The lowest BCUT2D eigenvalue weighted by atomic mass is 10.0. The van der Waals surface area contributed by atoms with Gasteiger partial charge in [0.15, 0.2) is 0 Å². The van der Waals surface area contributed by atoms with Gasteiger partial charge in [-0.05, 0) is 42.8 Å². The average molecular weight is 308 g/mol. The molecule has 0 amide bonds. The Morgan fingerprint density at radius 3 is 2.95 bits per heavy atom. The third-order valence-corrected chi connectivity index (χ3v) is 4.84. The predicted molar refractivity (Wildman–Crippen MR) is 85.1 cm³/mol. The lowest BCUT2D eigenvalue weighted by Gasteiger charge is -2.17. The molecule has 1 aliphatic rings. The Labute approximate surface area is 128 Å². The molecule has 0 fully saturated rings. The molecule has 2 heterocycles. The molecule has 0 saturated heterocycles. The van der Waals surface area contributed by atoms with Gasteiger partial charge < -0.3 is 10.1 Å². The molecule has 106 valence electrons. The van der Waals surface area contributed by atoms with Crippen LogP contribution < -0.4 is 10.1 Å². The Balaban J connectivity index is 1.94. The Hall–Kier alpha value is -1.03. The van der Waals surface area contributed by atoms with E-state index in [-0.39, 0.29) is 12.1 Å². The van der Waals surface area contributed by atoms with E-state index in [0.717, 1.165) is 23.1 Å². The van der Waals surface area contributed by atoms with Gasteiger partial charge in [-0.25, -0.2) is 0 Å². The first-order chi connectivity index (χ1) is 9.67. The lowest BCUT2D eigenvalue weighted by Crippen LogP contribution is -2.21. The molecule has 1 aromatic carbocycles. The van der Waals surface area contributed by atoms with Gasteiger partial charge in [0.25, 0.3) is 0 Å². The molecule has 3 rings (SSSR count). The third-order valence-electron chi connectivity index (χ3n) is 3.54. The van der Waals surface area contributed by atoms with Gasteiger partial charge in [-0.1, -0.05) is 30.7 Å². The molecule has 20 heavy (non-hydrogen) atoms. The molecule has 1 aromatic heterocycles. The first kappa shape index (κ1) is 13.9. The van der Waals surface area contributed by atoms with Crippen LogP contribution in [0.5, 0.6) is 5.75 Å². The molecule has 2 atom stereocenters. The molecule has 2 nitrogen and oxygen atoms in total. The van der Waals surface area contributed by atoms with Crippen molar-refractivity contribution in [1.82, 2.24) is 5.32 Å². The van der Waals surface area contributed by atoms with Crippen LogP contribution in [0.1, 0.15) is 35.9 Å². The van der Waals surface area contributed by atoms with Gasteiger partial charge in [0.1, 0.15) is 11.9 Å². The summed E-state index contributed by atoms with van der Waals surface area (Å²) >= 11 is 7.71. The Kier molecular flexibility index (Phi) is 4.01. The predicted octanol–water partition coefficient (Wildman–Crippen LogP) is 4.42. The summed E-state index contributed by atoms with van der Waals surface area (Å²) in [6, 6.07) is 10.8. The number of fused-ring (bicyclic) bond motifs is 1. The summed E-state index contributed by atoms with van der Waals surface area (Å²) in [6.07, 6.45) is 1.28. The molecule has 2 unspecified atom stereocenters.